The van der Waals surface area contributed by atoms with Crippen molar-refractivity contribution in [1.29, 1.82) is 0 Å². The van der Waals surface area contributed by atoms with Crippen LogP contribution in [0.3, 0.4) is 0 Å². The summed E-state index contributed by atoms with van der Waals surface area (Å²) in [5.74, 6) is 1.62. The third kappa shape index (κ3) is 4.50. The third-order valence-electron chi connectivity index (χ3n) is 10.7. The Hall–Kier alpha value is -7.64. The van der Waals surface area contributed by atoms with Gasteiger partial charge >= 0.3 is 0 Å². The number of nitrogens with zero attached hydrogens (tertiary/aromatic N) is 5. The molecule has 0 spiro atoms. The molecule has 0 aliphatic rings. The van der Waals surface area contributed by atoms with Gasteiger partial charge < -0.3 is 13.4 Å². The summed E-state index contributed by atoms with van der Waals surface area (Å²) in [5, 5.41) is 8.67. The Bertz CT molecular complexity index is 3520. The van der Waals surface area contributed by atoms with E-state index in [1.54, 1.807) is 6.20 Å². The topological polar surface area (TPSA) is 82.8 Å². The number of fused-ring (bicyclic) bond motifs is 10. The first kappa shape index (κ1) is 29.9. The lowest BCUT2D eigenvalue weighted by molar-refractivity contribution is 0.668. The fourth-order valence-corrected chi connectivity index (χ4v) is 8.24. The average Bonchev–Trinajstić information content (AvgIpc) is 3.91. The highest BCUT2D eigenvalue weighted by Gasteiger charge is 2.22. The largest absolute Gasteiger partial charge is 0.456 e. The Morgan fingerprint density at radius 1 is 0.418 bits per heavy atom. The van der Waals surface area contributed by atoms with Gasteiger partial charge in [0.15, 0.2) is 17.5 Å². The molecule has 0 aliphatic heterocycles. The van der Waals surface area contributed by atoms with Gasteiger partial charge in [0, 0.05) is 61.4 Å². The smallest absolute Gasteiger partial charge is 0.166 e. The van der Waals surface area contributed by atoms with Crippen LogP contribution >= 0.6 is 0 Å². The molecule has 0 aliphatic carbocycles. The number of hydrogen-bond donors (Lipinski definition) is 0. The van der Waals surface area contributed by atoms with E-state index >= 15 is 0 Å². The zero-order valence-electron chi connectivity index (χ0n) is 29.1. The van der Waals surface area contributed by atoms with Gasteiger partial charge in [-0.1, -0.05) is 91.0 Å². The summed E-state index contributed by atoms with van der Waals surface area (Å²) in [7, 11) is 0. The monoisotopic (exact) mass is 705 g/mol. The van der Waals surface area contributed by atoms with Crippen LogP contribution in [0.1, 0.15) is 0 Å². The molecular weight excluding hydrogens is 679 g/mol. The molecule has 5 aromatic heterocycles. The quantitative estimate of drug-likeness (QED) is 0.181. The first-order chi connectivity index (χ1) is 27.2. The molecule has 0 saturated heterocycles. The van der Waals surface area contributed by atoms with Crippen LogP contribution in [0, 0.1) is 0 Å². The van der Waals surface area contributed by atoms with Crippen molar-refractivity contribution in [2.75, 3.05) is 0 Å². The van der Waals surface area contributed by atoms with Crippen molar-refractivity contribution in [2.24, 2.45) is 0 Å². The van der Waals surface area contributed by atoms with Crippen molar-refractivity contribution in [3.05, 3.63) is 164 Å². The predicted octanol–water partition coefficient (Wildman–Crippen LogP) is 12.3. The van der Waals surface area contributed by atoms with Crippen LogP contribution in [0.4, 0.5) is 0 Å². The van der Waals surface area contributed by atoms with Crippen molar-refractivity contribution in [3.63, 3.8) is 0 Å². The van der Waals surface area contributed by atoms with E-state index in [0.29, 0.717) is 17.5 Å². The van der Waals surface area contributed by atoms with Crippen LogP contribution in [0.15, 0.2) is 173 Å². The van der Waals surface area contributed by atoms with Gasteiger partial charge in [-0.3, -0.25) is 4.98 Å². The number of aromatic nitrogens is 5. The summed E-state index contributed by atoms with van der Waals surface area (Å²) in [5.41, 5.74) is 8.82. The highest BCUT2D eigenvalue weighted by atomic mass is 16.3. The normalized spacial score (nSPS) is 12.0. The van der Waals surface area contributed by atoms with Crippen molar-refractivity contribution in [1.82, 2.24) is 24.5 Å². The predicted molar refractivity (Wildman–Crippen MR) is 220 cm³/mol. The summed E-state index contributed by atoms with van der Waals surface area (Å²) in [6.45, 7) is 0. The van der Waals surface area contributed by atoms with E-state index in [1.807, 2.05) is 60.8 Å². The van der Waals surface area contributed by atoms with Gasteiger partial charge in [-0.05, 0) is 71.4 Å². The molecule has 0 fully saturated rings. The number of hydrogen-bond acceptors (Lipinski definition) is 6. The van der Waals surface area contributed by atoms with Crippen LogP contribution in [-0.2, 0) is 0 Å². The van der Waals surface area contributed by atoms with E-state index in [1.165, 1.54) is 21.5 Å². The SMILES string of the molecule is c1ccc(-n2c3ccccc3c3cc4ccccc4cc32)c(-c2nc(-c3ccc4c(c3)oc3ccccc34)nc(-c3cccc4oc5ccncc5c34)n2)c1. The third-order valence-corrected chi connectivity index (χ3v) is 10.7. The first-order valence-electron chi connectivity index (χ1n) is 18.2. The molecule has 0 N–H and O–H groups in total. The molecule has 256 valence electrons. The molecule has 0 bridgehead atoms. The molecule has 0 atom stereocenters. The second-order valence-corrected chi connectivity index (χ2v) is 13.9. The average molecular weight is 706 g/mol. The molecule has 55 heavy (non-hydrogen) atoms. The second-order valence-electron chi connectivity index (χ2n) is 13.9. The number of pyridine rings is 1. The minimum Gasteiger partial charge on any atom is -0.456 e. The van der Waals surface area contributed by atoms with E-state index < -0.39 is 0 Å². The van der Waals surface area contributed by atoms with Gasteiger partial charge in [-0.2, -0.15) is 0 Å². The summed E-state index contributed by atoms with van der Waals surface area (Å²) in [6.07, 6.45) is 3.58. The molecule has 0 saturated carbocycles. The minimum absolute atomic E-state index is 0.532. The lowest BCUT2D eigenvalue weighted by Gasteiger charge is -2.15. The van der Waals surface area contributed by atoms with Gasteiger partial charge in [-0.25, -0.2) is 15.0 Å². The van der Waals surface area contributed by atoms with Gasteiger partial charge in [0.2, 0.25) is 0 Å². The van der Waals surface area contributed by atoms with Crippen molar-refractivity contribution in [2.45, 2.75) is 0 Å². The molecule has 0 radical (unpaired) electrons. The van der Waals surface area contributed by atoms with E-state index in [2.05, 4.69) is 107 Å². The highest BCUT2D eigenvalue weighted by Crippen LogP contribution is 2.40. The van der Waals surface area contributed by atoms with Crippen LogP contribution in [0.25, 0.3) is 116 Å². The Balaban J connectivity index is 1.14. The Morgan fingerprint density at radius 2 is 1.09 bits per heavy atom. The van der Waals surface area contributed by atoms with E-state index in [0.717, 1.165) is 77.3 Å². The fourth-order valence-electron chi connectivity index (χ4n) is 8.24. The summed E-state index contributed by atoms with van der Waals surface area (Å²) < 4.78 is 14.9. The van der Waals surface area contributed by atoms with Crippen molar-refractivity contribution >= 4 is 76.5 Å². The van der Waals surface area contributed by atoms with Crippen LogP contribution in [0.2, 0.25) is 0 Å². The first-order valence-corrected chi connectivity index (χ1v) is 18.2. The van der Waals surface area contributed by atoms with Crippen molar-refractivity contribution in [3.8, 4) is 39.9 Å². The standard InChI is InChI=1S/C48H27N5O2/c1-2-11-29-25-40-36(24-28(29)10-1)31-12-3-6-16-38(31)53(40)39-17-7-4-14-34(39)47-50-46(30-20-21-33-32-13-5-8-18-41(32)55-44(33)26-30)51-48(52-47)35-15-9-19-43-45(35)37-27-49-23-22-42(37)54-43/h1-27H. The zero-order valence-corrected chi connectivity index (χ0v) is 29.1. The molecule has 7 heteroatoms. The van der Waals surface area contributed by atoms with Crippen LogP contribution < -0.4 is 0 Å². The minimum atomic E-state index is 0.532. The Morgan fingerprint density at radius 3 is 2.02 bits per heavy atom. The highest BCUT2D eigenvalue weighted by molar-refractivity contribution is 6.14. The lowest BCUT2D eigenvalue weighted by Crippen LogP contribution is -2.03. The number of furan rings is 2. The molecule has 0 amide bonds. The maximum Gasteiger partial charge on any atom is 0.166 e. The van der Waals surface area contributed by atoms with Crippen molar-refractivity contribution < 1.29 is 8.83 Å². The van der Waals surface area contributed by atoms with E-state index in [9.17, 15) is 0 Å². The maximum absolute atomic E-state index is 6.33. The maximum atomic E-state index is 6.33. The lowest BCUT2D eigenvalue weighted by atomic mass is 10.1. The molecular formula is C48H27N5O2. The summed E-state index contributed by atoms with van der Waals surface area (Å²) in [6, 6.07) is 52.2. The molecule has 12 rings (SSSR count). The molecule has 7 aromatic carbocycles. The molecule has 7 nitrogen and oxygen atoms in total. The second kappa shape index (κ2) is 11.4. The van der Waals surface area contributed by atoms with Crippen LogP contribution in [0.5, 0.6) is 0 Å². The Kier molecular flexibility index (Phi) is 6.21. The van der Waals surface area contributed by atoms with Gasteiger partial charge in [0.05, 0.1) is 16.7 Å². The molecule has 12 aromatic rings. The number of benzene rings is 7. The summed E-state index contributed by atoms with van der Waals surface area (Å²) in [4.78, 5) is 20.2. The van der Waals surface area contributed by atoms with Gasteiger partial charge in [0.25, 0.3) is 0 Å². The van der Waals surface area contributed by atoms with Gasteiger partial charge in [-0.15, -0.1) is 0 Å². The van der Waals surface area contributed by atoms with E-state index in [4.69, 9.17) is 23.8 Å². The molecule has 5 heterocycles. The van der Waals surface area contributed by atoms with Gasteiger partial charge in [0.1, 0.15) is 22.3 Å². The molecule has 0 unspecified atom stereocenters. The summed E-state index contributed by atoms with van der Waals surface area (Å²) >= 11 is 0. The van der Waals surface area contributed by atoms with E-state index in [-0.39, 0.29) is 0 Å². The number of para-hydroxylation sites is 3. The Labute approximate surface area is 312 Å². The fraction of sp³-hybridized carbons (Fsp3) is 0. The number of rotatable bonds is 4. The van der Waals surface area contributed by atoms with Crippen LogP contribution in [-0.4, -0.2) is 24.5 Å². The zero-order chi connectivity index (χ0) is 36.0.